The molecule has 1 aromatic rings. The molecule has 4 N–H and O–H groups in total. The molecule has 0 amide bonds. The van der Waals surface area contributed by atoms with Crippen LogP contribution in [0, 0.1) is 4.77 Å². The van der Waals surface area contributed by atoms with Gasteiger partial charge in [-0.1, -0.05) is 5.16 Å². The second-order valence-corrected chi connectivity index (χ2v) is 4.78. The molecule has 0 saturated carbocycles. The number of aromatic nitrogens is 2. The first-order valence-electron chi connectivity index (χ1n) is 6.04. The molecule has 1 aromatic heterocycles. The Morgan fingerprint density at radius 3 is 2.86 bits per heavy atom. The van der Waals surface area contributed by atoms with Crippen LogP contribution in [0.3, 0.4) is 0 Å². The monoisotopic (exact) mass is 317 g/mol. The highest BCUT2D eigenvalue weighted by atomic mass is 32.1. The van der Waals surface area contributed by atoms with E-state index in [0.29, 0.717) is 0 Å². The average molecular weight is 317 g/mol. The number of oxime groups is 1. The first-order chi connectivity index (χ1) is 9.99. The van der Waals surface area contributed by atoms with Crippen molar-refractivity contribution in [3.8, 4) is 0 Å². The van der Waals surface area contributed by atoms with Crippen molar-refractivity contribution in [3.63, 3.8) is 0 Å². The van der Waals surface area contributed by atoms with Gasteiger partial charge in [0.1, 0.15) is 25.4 Å². The number of nitrogens with zero attached hydrogens (tertiary/aromatic N) is 2. The number of rotatable bonds is 4. The number of aliphatic hydroxyl groups excluding tert-OH is 3. The maximum absolute atomic E-state index is 11.7. The van der Waals surface area contributed by atoms with Gasteiger partial charge < -0.3 is 24.9 Å². The van der Waals surface area contributed by atoms with Gasteiger partial charge in [-0.2, -0.15) is 0 Å². The predicted octanol–water partition coefficient (Wildman–Crippen LogP) is -1.50. The van der Waals surface area contributed by atoms with E-state index in [1.165, 1.54) is 24.1 Å². The van der Waals surface area contributed by atoms with Crippen molar-refractivity contribution in [3.05, 3.63) is 26.9 Å². The summed E-state index contributed by atoms with van der Waals surface area (Å²) in [6, 6.07) is 0. The highest BCUT2D eigenvalue weighted by molar-refractivity contribution is 7.71. The minimum absolute atomic E-state index is 0.00408. The quantitative estimate of drug-likeness (QED) is 0.302. The third-order valence-corrected chi connectivity index (χ3v) is 3.40. The molecule has 1 aliphatic rings. The second-order valence-electron chi connectivity index (χ2n) is 4.40. The van der Waals surface area contributed by atoms with Crippen molar-refractivity contribution in [2.75, 3.05) is 13.7 Å². The molecule has 4 atom stereocenters. The molecule has 116 valence electrons. The van der Waals surface area contributed by atoms with E-state index >= 15 is 0 Å². The number of aromatic amines is 1. The molecular formula is C11H15N3O6S. The zero-order chi connectivity index (χ0) is 15.6. The Morgan fingerprint density at radius 1 is 1.57 bits per heavy atom. The van der Waals surface area contributed by atoms with Gasteiger partial charge in [-0.3, -0.25) is 14.3 Å². The number of ether oxygens (including phenoxy) is 1. The van der Waals surface area contributed by atoms with E-state index in [1.807, 2.05) is 0 Å². The average Bonchev–Trinajstić information content (AvgIpc) is 2.74. The largest absolute Gasteiger partial charge is 0.399 e. The molecule has 21 heavy (non-hydrogen) atoms. The molecule has 0 aromatic carbocycles. The Hall–Kier alpha value is -1.59. The molecular weight excluding hydrogens is 302 g/mol. The summed E-state index contributed by atoms with van der Waals surface area (Å²) < 4.78 is 6.63. The lowest BCUT2D eigenvalue weighted by atomic mass is 10.1. The topological polar surface area (TPSA) is 129 Å². The van der Waals surface area contributed by atoms with Gasteiger partial charge in [0.15, 0.2) is 11.0 Å². The van der Waals surface area contributed by atoms with E-state index in [2.05, 4.69) is 15.0 Å². The van der Waals surface area contributed by atoms with Crippen molar-refractivity contribution in [2.45, 2.75) is 24.5 Å². The van der Waals surface area contributed by atoms with E-state index in [9.17, 15) is 15.0 Å². The van der Waals surface area contributed by atoms with E-state index in [0.717, 1.165) is 0 Å². The van der Waals surface area contributed by atoms with Crippen LogP contribution in [0.2, 0.25) is 0 Å². The van der Waals surface area contributed by atoms with Crippen molar-refractivity contribution < 1.29 is 24.9 Å². The molecule has 9 nitrogen and oxygen atoms in total. The van der Waals surface area contributed by atoms with E-state index < -0.39 is 36.7 Å². The highest BCUT2D eigenvalue weighted by Crippen LogP contribution is 2.29. The molecule has 1 fully saturated rings. The lowest BCUT2D eigenvalue weighted by Gasteiger charge is -2.18. The third-order valence-electron chi connectivity index (χ3n) is 3.08. The van der Waals surface area contributed by atoms with Crippen LogP contribution in [0.15, 0.2) is 16.1 Å². The van der Waals surface area contributed by atoms with Gasteiger partial charge in [0.25, 0.3) is 5.56 Å². The molecule has 1 saturated heterocycles. The lowest BCUT2D eigenvalue weighted by Crippen LogP contribution is -2.33. The second kappa shape index (κ2) is 6.45. The number of H-pyrrole nitrogens is 1. The molecule has 0 aliphatic carbocycles. The summed E-state index contributed by atoms with van der Waals surface area (Å²) in [7, 11) is 1.33. The molecule has 0 bridgehead atoms. The standard InChI is InChI=1S/C11H15N3O6S/c1-19-12-2-5-3-14(11(21)13-9(5)18)10-8(17)7(16)6(4-15)20-10/h2-3,6-8,10,15-17H,4H2,1H3,(H,13,18,21)/t6-,7-,8-,10-/m1/s1. The van der Waals surface area contributed by atoms with Gasteiger partial charge in [-0.05, 0) is 12.2 Å². The summed E-state index contributed by atoms with van der Waals surface area (Å²) in [5, 5.41) is 32.3. The van der Waals surface area contributed by atoms with Gasteiger partial charge in [-0.25, -0.2) is 0 Å². The van der Waals surface area contributed by atoms with Crippen LogP contribution in [0.4, 0.5) is 0 Å². The third kappa shape index (κ3) is 3.04. The van der Waals surface area contributed by atoms with Crippen LogP contribution in [0.5, 0.6) is 0 Å². The molecule has 1 aliphatic heterocycles. The summed E-state index contributed by atoms with van der Waals surface area (Å²) in [5.74, 6) is 0. The fraction of sp³-hybridized carbons (Fsp3) is 0.545. The molecule has 0 unspecified atom stereocenters. The van der Waals surface area contributed by atoms with Crippen LogP contribution in [-0.4, -0.2) is 63.1 Å². The molecule has 0 radical (unpaired) electrons. The first-order valence-corrected chi connectivity index (χ1v) is 6.45. The number of hydrogen-bond acceptors (Lipinski definition) is 8. The van der Waals surface area contributed by atoms with Gasteiger partial charge in [0.05, 0.1) is 18.4 Å². The summed E-state index contributed by atoms with van der Waals surface area (Å²) in [6.07, 6.45) is -2.03. The van der Waals surface area contributed by atoms with E-state index in [1.54, 1.807) is 0 Å². The molecule has 10 heteroatoms. The summed E-state index contributed by atoms with van der Waals surface area (Å²) in [4.78, 5) is 18.6. The molecule has 0 spiro atoms. The Balaban J connectivity index is 2.42. The maximum atomic E-state index is 11.7. The number of nitrogens with one attached hydrogen (secondary N) is 1. The summed E-state index contributed by atoms with van der Waals surface area (Å²) >= 11 is 5.01. The molecule has 2 heterocycles. The van der Waals surface area contributed by atoms with Gasteiger partial charge in [0.2, 0.25) is 0 Å². The van der Waals surface area contributed by atoms with Crippen LogP contribution in [0.1, 0.15) is 11.8 Å². The highest BCUT2D eigenvalue weighted by Gasteiger charge is 2.43. The Bertz CT molecular complexity index is 642. The van der Waals surface area contributed by atoms with Crippen LogP contribution in [-0.2, 0) is 9.57 Å². The van der Waals surface area contributed by atoms with Crippen molar-refractivity contribution in [1.82, 2.24) is 9.55 Å². The van der Waals surface area contributed by atoms with Crippen LogP contribution in [0.25, 0.3) is 0 Å². The fourth-order valence-corrected chi connectivity index (χ4v) is 2.25. The van der Waals surface area contributed by atoms with Gasteiger partial charge in [-0.15, -0.1) is 0 Å². The minimum Gasteiger partial charge on any atom is -0.399 e. The number of aliphatic hydroxyl groups is 3. The number of hydrogen-bond donors (Lipinski definition) is 4. The predicted molar refractivity (Wildman–Crippen MR) is 73.5 cm³/mol. The SMILES string of the molecule is CON=Cc1cn([C@@H]2O[C@H](CO)[C@@H](O)[C@H]2O)c(=S)[nH]c1=O. The van der Waals surface area contributed by atoms with Gasteiger partial charge >= 0.3 is 0 Å². The van der Waals surface area contributed by atoms with Crippen molar-refractivity contribution in [1.29, 1.82) is 0 Å². The zero-order valence-corrected chi connectivity index (χ0v) is 11.9. The lowest BCUT2D eigenvalue weighted by molar-refractivity contribution is -0.0541. The van der Waals surface area contributed by atoms with Crippen LogP contribution >= 0.6 is 12.2 Å². The maximum Gasteiger partial charge on any atom is 0.260 e. The Kier molecular flexibility index (Phi) is 4.85. The normalized spacial score (nSPS) is 29.1. The zero-order valence-electron chi connectivity index (χ0n) is 11.0. The Labute approximate surface area is 124 Å². The summed E-state index contributed by atoms with van der Waals surface area (Å²) in [5.41, 5.74) is -0.355. The Morgan fingerprint density at radius 2 is 2.29 bits per heavy atom. The summed E-state index contributed by atoms with van der Waals surface area (Å²) in [6.45, 7) is -0.455. The molecule has 2 rings (SSSR count). The minimum atomic E-state index is -1.30. The van der Waals surface area contributed by atoms with Crippen molar-refractivity contribution >= 4 is 18.4 Å². The van der Waals surface area contributed by atoms with Gasteiger partial charge in [0, 0.05) is 6.20 Å². The smallest absolute Gasteiger partial charge is 0.260 e. The van der Waals surface area contributed by atoms with E-state index in [4.69, 9.17) is 22.1 Å². The van der Waals surface area contributed by atoms with Crippen LogP contribution < -0.4 is 5.56 Å². The fourth-order valence-electron chi connectivity index (χ4n) is 2.00. The van der Waals surface area contributed by atoms with Crippen molar-refractivity contribution in [2.24, 2.45) is 5.16 Å². The first kappa shape index (κ1) is 15.8. The van der Waals surface area contributed by atoms with E-state index in [-0.39, 0.29) is 10.3 Å².